The van der Waals surface area contributed by atoms with E-state index in [1.54, 1.807) is 20.2 Å². The van der Waals surface area contributed by atoms with Gasteiger partial charge in [-0.05, 0) is 32.1 Å². The van der Waals surface area contributed by atoms with Crippen molar-refractivity contribution >= 4 is 17.8 Å². The molecule has 2 atom stereocenters. The van der Waals surface area contributed by atoms with E-state index >= 15 is 0 Å². The van der Waals surface area contributed by atoms with Gasteiger partial charge in [0.05, 0.1) is 25.2 Å². The molecule has 1 heterocycles. The highest BCUT2D eigenvalue weighted by atomic mass is 16.5. The molecule has 0 radical (unpaired) electrons. The van der Waals surface area contributed by atoms with Crippen LogP contribution in [0.25, 0.3) is 0 Å². The van der Waals surface area contributed by atoms with Gasteiger partial charge in [-0.25, -0.2) is 0 Å². The smallest absolute Gasteiger partial charge is 0.309 e. The Morgan fingerprint density at radius 2 is 1.75 bits per heavy atom. The van der Waals surface area contributed by atoms with Crippen molar-refractivity contribution in [2.24, 2.45) is 16.7 Å². The monoisotopic (exact) mass is 455 g/mol. The van der Waals surface area contributed by atoms with Crippen LogP contribution in [0.4, 0.5) is 0 Å². The van der Waals surface area contributed by atoms with Gasteiger partial charge >= 0.3 is 5.97 Å². The maximum absolute atomic E-state index is 11.5. The Hall–Kier alpha value is -2.09. The summed E-state index contributed by atoms with van der Waals surface area (Å²) in [6.45, 7) is 18.0. The molecule has 8 nitrogen and oxygen atoms in total. The molecule has 0 aliphatic carbocycles. The predicted octanol–water partition coefficient (Wildman–Crippen LogP) is 3.13. The molecule has 0 aromatic carbocycles. The van der Waals surface area contributed by atoms with Crippen molar-refractivity contribution in [3.05, 3.63) is 11.9 Å². The Kier molecular flexibility index (Phi) is 13.2. The molecule has 3 N–H and O–H groups in total. The van der Waals surface area contributed by atoms with Crippen LogP contribution >= 0.6 is 0 Å². The van der Waals surface area contributed by atoms with Gasteiger partial charge in [-0.3, -0.25) is 14.4 Å². The van der Waals surface area contributed by atoms with E-state index in [1.807, 2.05) is 6.92 Å². The Morgan fingerprint density at radius 1 is 1.16 bits per heavy atom. The summed E-state index contributed by atoms with van der Waals surface area (Å²) in [7, 11) is 1.76. The lowest BCUT2D eigenvalue weighted by molar-refractivity contribution is -0.145. The Bertz CT molecular complexity index is 644. The van der Waals surface area contributed by atoms with Crippen LogP contribution in [0.5, 0.6) is 0 Å². The Balaban J connectivity index is 0.000000601. The summed E-state index contributed by atoms with van der Waals surface area (Å²) >= 11 is 0. The molecule has 0 saturated carbocycles. The quantitative estimate of drug-likeness (QED) is 0.413. The van der Waals surface area contributed by atoms with E-state index in [2.05, 4.69) is 50.6 Å². The van der Waals surface area contributed by atoms with Gasteiger partial charge in [-0.2, -0.15) is 0 Å². The van der Waals surface area contributed by atoms with E-state index in [-0.39, 0.29) is 47.1 Å². The number of esters is 1. The second kappa shape index (κ2) is 14.1. The number of nitrogens with one attached hydrogen (secondary N) is 3. The SMILES string of the molecule is CCC(C)(C)COCC(C)(C)CNC(C)=O.CN/C=C(\C)NC(=O)CC1CC(C)OC1=O. The third kappa shape index (κ3) is 14.1. The predicted molar refractivity (Wildman–Crippen MR) is 127 cm³/mol. The van der Waals surface area contributed by atoms with Crippen molar-refractivity contribution in [3.8, 4) is 0 Å². The minimum Gasteiger partial charge on any atom is -0.462 e. The lowest BCUT2D eigenvalue weighted by Crippen LogP contribution is -2.36. The highest BCUT2D eigenvalue weighted by Crippen LogP contribution is 2.24. The third-order valence-corrected chi connectivity index (χ3v) is 5.15. The van der Waals surface area contributed by atoms with E-state index in [0.29, 0.717) is 19.6 Å². The van der Waals surface area contributed by atoms with Crippen molar-refractivity contribution in [2.75, 3.05) is 26.8 Å². The zero-order valence-electron chi connectivity index (χ0n) is 21.5. The highest BCUT2D eigenvalue weighted by Gasteiger charge is 2.33. The maximum atomic E-state index is 11.5. The molecule has 0 aromatic rings. The van der Waals surface area contributed by atoms with Crippen molar-refractivity contribution in [1.82, 2.24) is 16.0 Å². The van der Waals surface area contributed by atoms with E-state index in [4.69, 9.17) is 9.47 Å². The van der Waals surface area contributed by atoms with Crippen LogP contribution < -0.4 is 16.0 Å². The Morgan fingerprint density at radius 3 is 2.22 bits per heavy atom. The third-order valence-electron chi connectivity index (χ3n) is 5.15. The molecule has 1 aliphatic rings. The fourth-order valence-corrected chi connectivity index (χ4v) is 2.87. The summed E-state index contributed by atoms with van der Waals surface area (Å²) < 4.78 is 10.7. The van der Waals surface area contributed by atoms with E-state index in [9.17, 15) is 14.4 Å². The number of hydrogen-bond donors (Lipinski definition) is 3. The highest BCUT2D eigenvalue weighted by molar-refractivity contribution is 5.84. The largest absolute Gasteiger partial charge is 0.462 e. The first-order valence-corrected chi connectivity index (χ1v) is 11.4. The zero-order valence-corrected chi connectivity index (χ0v) is 21.5. The van der Waals surface area contributed by atoms with Crippen LogP contribution in [0.3, 0.4) is 0 Å². The standard InChI is InChI=1S/C13H27NO2.C11H18N2O3/c1-7-12(3,4)9-16-10-13(5,6)8-14-11(2)15;1-7(6-12-3)13-10(14)5-9-4-8(2)16-11(9)15/h7-10H2,1-6H3,(H,14,15);6,8-9,12H,4-5H2,1-3H3,(H,13,14)/b;7-6+. The first-order valence-electron chi connectivity index (χ1n) is 11.4. The summed E-state index contributed by atoms with van der Waals surface area (Å²) in [6, 6.07) is 0. The molecule has 8 heteroatoms. The van der Waals surface area contributed by atoms with Gasteiger partial charge in [0.2, 0.25) is 11.8 Å². The van der Waals surface area contributed by atoms with E-state index in [0.717, 1.165) is 18.7 Å². The molecule has 32 heavy (non-hydrogen) atoms. The summed E-state index contributed by atoms with van der Waals surface area (Å²) in [5, 5.41) is 8.34. The first kappa shape index (κ1) is 29.9. The van der Waals surface area contributed by atoms with Gasteiger partial charge in [0, 0.05) is 44.2 Å². The molecule has 186 valence electrons. The van der Waals surface area contributed by atoms with E-state index in [1.165, 1.54) is 6.92 Å². The topological polar surface area (TPSA) is 106 Å². The van der Waals surface area contributed by atoms with Gasteiger partial charge < -0.3 is 25.4 Å². The minimum absolute atomic E-state index is 0.00447. The molecule has 1 aliphatic heterocycles. The van der Waals surface area contributed by atoms with Crippen LogP contribution in [0.15, 0.2) is 11.9 Å². The van der Waals surface area contributed by atoms with Gasteiger partial charge in [0.15, 0.2) is 0 Å². The number of cyclic esters (lactones) is 1. The first-order chi connectivity index (χ1) is 14.7. The number of carbonyl (C=O) groups excluding carboxylic acids is 3. The van der Waals surface area contributed by atoms with Crippen LogP contribution in [0, 0.1) is 16.7 Å². The van der Waals surface area contributed by atoms with Crippen LogP contribution in [-0.4, -0.2) is 50.7 Å². The number of carbonyl (C=O) groups is 3. The molecule has 2 unspecified atom stereocenters. The van der Waals surface area contributed by atoms with E-state index < -0.39 is 0 Å². The molecule has 0 bridgehead atoms. The second-order valence-corrected chi connectivity index (χ2v) is 10.1. The van der Waals surface area contributed by atoms with Crippen molar-refractivity contribution in [3.63, 3.8) is 0 Å². The van der Waals surface area contributed by atoms with Crippen LogP contribution in [0.2, 0.25) is 0 Å². The molecule has 1 rings (SSSR count). The molecular weight excluding hydrogens is 410 g/mol. The number of amides is 2. The molecule has 0 spiro atoms. The minimum atomic E-state index is -0.294. The summed E-state index contributed by atoms with van der Waals surface area (Å²) in [5.74, 6) is -0.697. The fraction of sp³-hybridized carbons (Fsp3) is 0.792. The van der Waals surface area contributed by atoms with Crippen molar-refractivity contribution < 1.29 is 23.9 Å². The summed E-state index contributed by atoms with van der Waals surface area (Å²) in [4.78, 5) is 33.7. The lowest BCUT2D eigenvalue weighted by atomic mass is 9.91. The van der Waals surface area contributed by atoms with Gasteiger partial charge in [0.25, 0.3) is 0 Å². The summed E-state index contributed by atoms with van der Waals surface area (Å²) in [6.07, 6.45) is 3.55. The van der Waals surface area contributed by atoms with Gasteiger partial charge in [0.1, 0.15) is 0 Å². The van der Waals surface area contributed by atoms with Crippen molar-refractivity contribution in [1.29, 1.82) is 0 Å². The number of hydrogen-bond acceptors (Lipinski definition) is 6. The normalized spacial score (nSPS) is 18.9. The average Bonchev–Trinajstić information content (AvgIpc) is 2.97. The zero-order chi connectivity index (χ0) is 24.9. The molecule has 2 amide bonds. The molecular formula is C24H45N3O5. The summed E-state index contributed by atoms with van der Waals surface area (Å²) in [5.41, 5.74) is 0.964. The van der Waals surface area contributed by atoms with Crippen LogP contribution in [-0.2, 0) is 23.9 Å². The average molecular weight is 456 g/mol. The number of allylic oxidation sites excluding steroid dienone is 1. The van der Waals surface area contributed by atoms with Crippen LogP contribution in [0.1, 0.15) is 74.7 Å². The second-order valence-electron chi connectivity index (χ2n) is 10.1. The number of ether oxygens (including phenoxy) is 2. The van der Waals surface area contributed by atoms with Gasteiger partial charge in [-0.1, -0.05) is 34.6 Å². The number of rotatable bonds is 11. The van der Waals surface area contributed by atoms with Gasteiger partial charge in [-0.15, -0.1) is 0 Å². The molecule has 1 saturated heterocycles. The van der Waals surface area contributed by atoms with Crippen molar-refractivity contribution in [2.45, 2.75) is 80.8 Å². The fourth-order valence-electron chi connectivity index (χ4n) is 2.87. The molecule has 1 fully saturated rings. The maximum Gasteiger partial charge on any atom is 0.309 e. The molecule has 0 aromatic heterocycles. The Labute approximate surface area is 194 Å². The lowest BCUT2D eigenvalue weighted by Gasteiger charge is -2.28.